The van der Waals surface area contributed by atoms with Gasteiger partial charge in [-0.2, -0.15) is 40.2 Å². The number of fused-ring (bicyclic) bond motifs is 2. The van der Waals surface area contributed by atoms with Crippen molar-refractivity contribution in [3.8, 4) is 17.3 Å². The smallest absolute Gasteiger partial charge is 0.453 e. The molecule has 2 N–H and O–H groups in total. The van der Waals surface area contributed by atoms with Crippen LogP contribution >= 0.6 is 11.6 Å². The summed E-state index contributed by atoms with van der Waals surface area (Å²) in [5.41, 5.74) is -1.62. The minimum absolute atomic E-state index is 0.00963. The Morgan fingerprint density at radius 3 is 2.40 bits per heavy atom. The first-order valence-electron chi connectivity index (χ1n) is 14.1. The summed E-state index contributed by atoms with van der Waals surface area (Å²) < 4.78 is 108. The van der Waals surface area contributed by atoms with Crippen molar-refractivity contribution < 1.29 is 45.0 Å². The van der Waals surface area contributed by atoms with E-state index in [2.05, 4.69) is 30.4 Å². The van der Waals surface area contributed by atoms with Gasteiger partial charge in [-0.1, -0.05) is 17.7 Å². The molecule has 5 heterocycles. The SMILES string of the molecule is C[C@]1(c2ccc(Cl)c(O)c2)C(=O)Nc2nc(-c3cn4ncnc4c(CCC(F)(F)C(F)(F)F)n3)nc(N3CCC(C(F)(F)F)CC3)c21. The zero-order valence-electron chi connectivity index (χ0n) is 24.1. The number of nitrogens with zero attached hydrogens (tertiary/aromatic N) is 7. The fraction of sp³-hybridized carbons (Fsp3) is 0.429. The summed E-state index contributed by atoms with van der Waals surface area (Å²) in [6, 6.07) is 4.13. The first kappa shape index (κ1) is 32.6. The van der Waals surface area contributed by atoms with Gasteiger partial charge in [-0.05, 0) is 43.9 Å². The molecule has 47 heavy (non-hydrogen) atoms. The van der Waals surface area contributed by atoms with Gasteiger partial charge in [0.1, 0.15) is 34.8 Å². The second-order valence-corrected chi connectivity index (χ2v) is 11.9. The summed E-state index contributed by atoms with van der Waals surface area (Å²) in [6.07, 6.45) is -11.0. The molecule has 4 aromatic rings. The number of carbonyl (C=O) groups is 1. The molecule has 1 aromatic carbocycles. The van der Waals surface area contributed by atoms with Crippen LogP contribution in [0, 0.1) is 5.92 Å². The fourth-order valence-electron chi connectivity index (χ4n) is 5.79. The molecule has 0 radical (unpaired) electrons. The summed E-state index contributed by atoms with van der Waals surface area (Å²) in [5, 5.41) is 16.9. The molecule has 3 aromatic heterocycles. The molecule has 0 spiro atoms. The molecule has 0 unspecified atom stereocenters. The van der Waals surface area contributed by atoms with Crippen molar-refractivity contribution in [3.63, 3.8) is 0 Å². The molecule has 0 aliphatic carbocycles. The molecule has 1 amide bonds. The predicted octanol–water partition coefficient (Wildman–Crippen LogP) is 6.11. The number of aromatic hydroxyl groups is 1. The molecule has 1 fully saturated rings. The maximum atomic E-state index is 13.8. The number of benzene rings is 1. The van der Waals surface area contributed by atoms with Gasteiger partial charge in [0.15, 0.2) is 11.5 Å². The number of anilines is 2. The number of aryl methyl sites for hydroxylation is 1. The molecule has 0 bridgehead atoms. The van der Waals surface area contributed by atoms with Gasteiger partial charge >= 0.3 is 18.3 Å². The summed E-state index contributed by atoms with van der Waals surface area (Å²) in [6.45, 7) is 1.29. The van der Waals surface area contributed by atoms with E-state index in [4.69, 9.17) is 11.6 Å². The lowest BCUT2D eigenvalue weighted by Crippen LogP contribution is -2.41. The number of phenolic OH excluding ortho intramolecular Hbond substituents is 1. The largest absolute Gasteiger partial charge is 0.506 e. The van der Waals surface area contributed by atoms with E-state index in [1.807, 2.05) is 0 Å². The lowest BCUT2D eigenvalue weighted by atomic mass is 9.77. The fourth-order valence-corrected chi connectivity index (χ4v) is 5.91. The molecule has 10 nitrogen and oxygen atoms in total. The number of carbonyl (C=O) groups excluding carboxylic acids is 1. The van der Waals surface area contributed by atoms with E-state index in [0.29, 0.717) is 0 Å². The molecule has 2 aliphatic rings. The van der Waals surface area contributed by atoms with Crippen molar-refractivity contribution in [2.24, 2.45) is 5.92 Å². The van der Waals surface area contributed by atoms with Crippen molar-refractivity contribution in [2.45, 2.75) is 56.3 Å². The van der Waals surface area contributed by atoms with Crippen LogP contribution in [0.3, 0.4) is 0 Å². The maximum absolute atomic E-state index is 13.8. The first-order chi connectivity index (χ1) is 21.9. The Hall–Kier alpha value is -4.35. The Morgan fingerprint density at radius 2 is 1.77 bits per heavy atom. The summed E-state index contributed by atoms with van der Waals surface area (Å²) in [5.74, 6) is -7.73. The van der Waals surface area contributed by atoms with Gasteiger partial charge < -0.3 is 15.3 Å². The third-order valence-electron chi connectivity index (χ3n) is 8.51. The Kier molecular flexibility index (Phi) is 7.71. The van der Waals surface area contributed by atoms with Crippen LogP contribution in [0.1, 0.15) is 43.0 Å². The van der Waals surface area contributed by atoms with Crippen LogP contribution in [0.25, 0.3) is 17.2 Å². The zero-order valence-corrected chi connectivity index (χ0v) is 24.9. The third-order valence-corrected chi connectivity index (χ3v) is 8.83. The number of alkyl halides is 8. The van der Waals surface area contributed by atoms with Gasteiger partial charge in [0, 0.05) is 19.5 Å². The van der Waals surface area contributed by atoms with Crippen LogP contribution in [0.15, 0.2) is 30.7 Å². The van der Waals surface area contributed by atoms with Gasteiger partial charge in [0.25, 0.3) is 0 Å². The summed E-state index contributed by atoms with van der Waals surface area (Å²) >= 11 is 5.99. The van der Waals surface area contributed by atoms with E-state index in [1.165, 1.54) is 31.3 Å². The Labute approximate surface area is 264 Å². The third kappa shape index (κ3) is 5.65. The van der Waals surface area contributed by atoms with Crippen LogP contribution in [-0.2, 0) is 16.6 Å². The van der Waals surface area contributed by atoms with Gasteiger partial charge in [-0.25, -0.2) is 24.5 Å². The van der Waals surface area contributed by atoms with Crippen LogP contribution < -0.4 is 10.2 Å². The molecular formula is C28H23ClF8N8O2. The number of phenols is 1. The van der Waals surface area contributed by atoms with Crippen molar-refractivity contribution in [1.82, 2.24) is 29.5 Å². The van der Waals surface area contributed by atoms with Crippen molar-refractivity contribution in [1.29, 1.82) is 0 Å². The Morgan fingerprint density at radius 1 is 1.06 bits per heavy atom. The molecule has 6 rings (SSSR count). The second kappa shape index (κ2) is 11.1. The molecule has 250 valence electrons. The summed E-state index contributed by atoms with van der Waals surface area (Å²) in [4.78, 5) is 32.3. The molecule has 0 saturated carbocycles. The van der Waals surface area contributed by atoms with Crippen molar-refractivity contribution >= 4 is 34.8 Å². The number of hydrogen-bond donors (Lipinski definition) is 2. The highest BCUT2D eigenvalue weighted by molar-refractivity contribution is 6.32. The van der Waals surface area contributed by atoms with Crippen molar-refractivity contribution in [3.05, 3.63) is 52.6 Å². The van der Waals surface area contributed by atoms with E-state index in [9.17, 15) is 45.0 Å². The second-order valence-electron chi connectivity index (χ2n) is 11.4. The monoisotopic (exact) mass is 690 g/mol. The molecule has 1 atom stereocenters. The predicted molar refractivity (Wildman–Crippen MR) is 150 cm³/mol. The minimum Gasteiger partial charge on any atom is -0.506 e. The lowest BCUT2D eigenvalue weighted by Gasteiger charge is -2.36. The standard InChI is InChI=1S/C28H23ClF8N8O2/c1-25(14-2-3-15(29)18(46)10-14)19-21(43-24(25)47)41-20(42-23(19)44-8-5-13(6-9-44)27(32,33)34)17-11-45-22(38-12-39-45)16(40-17)4-7-26(30,31)28(35,36)37/h2-3,10-13,46H,4-9H2,1H3,(H,41,42,43,47)/t25-/m1/s1. The highest BCUT2D eigenvalue weighted by Crippen LogP contribution is 2.49. The molecule has 1 saturated heterocycles. The van der Waals surface area contributed by atoms with Gasteiger partial charge in [0.05, 0.1) is 28.4 Å². The van der Waals surface area contributed by atoms with Gasteiger partial charge in [-0.15, -0.1) is 0 Å². The molecule has 19 heteroatoms. The number of piperidine rings is 1. The van der Waals surface area contributed by atoms with Crippen LogP contribution in [0.4, 0.5) is 46.8 Å². The number of hydrogen-bond acceptors (Lipinski definition) is 8. The van der Waals surface area contributed by atoms with E-state index in [0.717, 1.165) is 10.8 Å². The quantitative estimate of drug-likeness (QED) is 0.233. The Balaban J connectivity index is 1.48. The van der Waals surface area contributed by atoms with E-state index in [1.54, 1.807) is 4.90 Å². The average molecular weight is 691 g/mol. The topological polar surface area (TPSA) is 121 Å². The maximum Gasteiger partial charge on any atom is 0.453 e. The van der Waals surface area contributed by atoms with Crippen LogP contribution in [0.5, 0.6) is 5.75 Å². The lowest BCUT2D eigenvalue weighted by molar-refractivity contribution is -0.284. The van der Waals surface area contributed by atoms with Crippen LogP contribution in [-0.4, -0.2) is 71.9 Å². The normalized spacial score (nSPS) is 19.4. The van der Waals surface area contributed by atoms with E-state index < -0.39 is 48.4 Å². The number of amides is 1. The highest BCUT2D eigenvalue weighted by atomic mass is 35.5. The van der Waals surface area contributed by atoms with Gasteiger partial charge in [-0.3, -0.25) is 4.79 Å². The number of aromatic nitrogens is 6. The number of rotatable bonds is 6. The van der Waals surface area contributed by atoms with E-state index in [-0.39, 0.29) is 82.3 Å². The number of halogens is 9. The Bertz CT molecular complexity index is 1870. The molecule has 2 aliphatic heterocycles. The average Bonchev–Trinajstić information content (AvgIpc) is 3.58. The van der Waals surface area contributed by atoms with E-state index >= 15 is 0 Å². The molecular weight excluding hydrogens is 668 g/mol. The van der Waals surface area contributed by atoms with Crippen molar-refractivity contribution in [2.75, 3.05) is 23.3 Å². The highest BCUT2D eigenvalue weighted by Gasteiger charge is 2.57. The first-order valence-corrected chi connectivity index (χ1v) is 14.5. The summed E-state index contributed by atoms with van der Waals surface area (Å²) in [7, 11) is 0. The minimum atomic E-state index is -5.79. The van der Waals surface area contributed by atoms with Crippen LogP contribution in [0.2, 0.25) is 5.02 Å². The van der Waals surface area contributed by atoms with Gasteiger partial charge in [0.2, 0.25) is 5.91 Å². The zero-order chi connectivity index (χ0) is 34.1. The number of nitrogens with one attached hydrogen (secondary N) is 1.